The number of amides is 1. The molecule has 0 atom stereocenters. The molecule has 0 bridgehead atoms. The Morgan fingerprint density at radius 1 is 1.43 bits per heavy atom. The first-order chi connectivity index (χ1) is 9.77. The fourth-order valence-corrected chi connectivity index (χ4v) is 3.31. The number of H-pyrrole nitrogens is 1. The molecular weight excluding hydrogens is 314 g/mol. The number of nitrogens with one attached hydrogen (secondary N) is 2. The number of carbonyl (C=O) groups is 1. The van der Waals surface area contributed by atoms with Crippen LogP contribution in [-0.2, 0) is 15.5 Å². The molecule has 0 radical (unpaired) electrons. The molecule has 0 spiro atoms. The van der Waals surface area contributed by atoms with E-state index in [0.717, 1.165) is 19.3 Å². The lowest BCUT2D eigenvalue weighted by molar-refractivity contribution is 0.0944. The van der Waals surface area contributed by atoms with E-state index in [1.54, 1.807) is 0 Å². The Hall–Kier alpha value is -1.08. The van der Waals surface area contributed by atoms with Crippen LogP contribution in [0.3, 0.4) is 0 Å². The molecule has 0 aliphatic heterocycles. The number of hydrogen-bond acceptors (Lipinski definition) is 4. The average molecular weight is 336 g/mol. The summed E-state index contributed by atoms with van der Waals surface area (Å²) in [4.78, 5) is 11.9. The first kappa shape index (κ1) is 18.0. The van der Waals surface area contributed by atoms with Crippen LogP contribution in [0.5, 0.6) is 0 Å². The zero-order chi connectivity index (χ0) is 16.0. The maximum absolute atomic E-state index is 12.1. The Balaban J connectivity index is 2.85. The van der Waals surface area contributed by atoms with E-state index >= 15 is 0 Å². The van der Waals surface area contributed by atoms with Gasteiger partial charge in [0.25, 0.3) is 15.0 Å². The number of aromatic amines is 1. The third-order valence-corrected chi connectivity index (χ3v) is 4.38. The Labute approximate surface area is 130 Å². The van der Waals surface area contributed by atoms with E-state index in [-0.39, 0.29) is 10.6 Å². The monoisotopic (exact) mass is 335 g/mol. The van der Waals surface area contributed by atoms with Gasteiger partial charge in [-0.2, -0.15) is 5.10 Å². The topological polar surface area (TPSA) is 91.9 Å². The van der Waals surface area contributed by atoms with Crippen molar-refractivity contribution in [3.05, 3.63) is 11.4 Å². The van der Waals surface area contributed by atoms with Crippen LogP contribution in [0, 0.1) is 5.92 Å². The highest BCUT2D eigenvalue weighted by molar-refractivity contribution is 8.13. The predicted molar refractivity (Wildman–Crippen MR) is 82.0 cm³/mol. The van der Waals surface area contributed by atoms with Gasteiger partial charge in [-0.1, -0.05) is 27.2 Å². The molecule has 8 heteroatoms. The first-order valence-corrected chi connectivity index (χ1v) is 9.38. The van der Waals surface area contributed by atoms with Crippen molar-refractivity contribution >= 4 is 25.6 Å². The SMILES string of the molecule is CCCc1[nH]nc(C(=O)NCCCC(C)C)c1S(=O)(=O)Cl. The van der Waals surface area contributed by atoms with Crippen LogP contribution in [0.15, 0.2) is 4.90 Å². The maximum atomic E-state index is 12.1. The number of hydrogen-bond donors (Lipinski definition) is 2. The molecule has 0 fully saturated rings. The molecule has 0 saturated carbocycles. The molecule has 1 heterocycles. The summed E-state index contributed by atoms with van der Waals surface area (Å²) in [6, 6.07) is 0. The minimum Gasteiger partial charge on any atom is -0.351 e. The molecule has 0 aliphatic carbocycles. The van der Waals surface area contributed by atoms with Crippen molar-refractivity contribution in [2.24, 2.45) is 5.92 Å². The van der Waals surface area contributed by atoms with Gasteiger partial charge < -0.3 is 5.32 Å². The van der Waals surface area contributed by atoms with Gasteiger partial charge in [-0.25, -0.2) is 8.42 Å². The molecule has 1 amide bonds. The summed E-state index contributed by atoms with van der Waals surface area (Å²) in [5.74, 6) is 0.0406. The van der Waals surface area contributed by atoms with E-state index in [0.29, 0.717) is 24.6 Å². The third-order valence-electron chi connectivity index (χ3n) is 2.99. The smallest absolute Gasteiger partial charge is 0.273 e. The summed E-state index contributed by atoms with van der Waals surface area (Å²) in [7, 11) is 1.41. The fourth-order valence-electron chi connectivity index (χ4n) is 2.00. The molecule has 1 aromatic heterocycles. The Morgan fingerprint density at radius 2 is 2.10 bits per heavy atom. The highest BCUT2D eigenvalue weighted by Gasteiger charge is 2.27. The lowest BCUT2D eigenvalue weighted by atomic mass is 10.1. The number of aromatic nitrogens is 2. The Morgan fingerprint density at radius 3 is 2.62 bits per heavy atom. The molecule has 1 rings (SSSR count). The number of halogens is 1. The van der Waals surface area contributed by atoms with Crippen molar-refractivity contribution in [2.45, 2.75) is 51.3 Å². The molecule has 0 aromatic carbocycles. The van der Waals surface area contributed by atoms with Gasteiger partial charge in [0.05, 0.1) is 5.69 Å². The molecule has 21 heavy (non-hydrogen) atoms. The van der Waals surface area contributed by atoms with Crippen molar-refractivity contribution in [1.29, 1.82) is 0 Å². The lowest BCUT2D eigenvalue weighted by Gasteiger charge is -2.06. The number of aryl methyl sites for hydroxylation is 1. The average Bonchev–Trinajstić information content (AvgIpc) is 2.78. The van der Waals surface area contributed by atoms with E-state index in [1.165, 1.54) is 0 Å². The molecule has 0 unspecified atom stereocenters. The predicted octanol–water partition coefficient (Wildman–Crippen LogP) is 2.46. The van der Waals surface area contributed by atoms with Crippen molar-refractivity contribution in [3.63, 3.8) is 0 Å². The molecule has 0 aliphatic rings. The van der Waals surface area contributed by atoms with Crippen LogP contribution < -0.4 is 5.32 Å². The second-order valence-electron chi connectivity index (χ2n) is 5.36. The second-order valence-corrected chi connectivity index (χ2v) is 7.86. The van der Waals surface area contributed by atoms with Crippen molar-refractivity contribution < 1.29 is 13.2 Å². The normalized spacial score (nSPS) is 11.9. The van der Waals surface area contributed by atoms with Crippen LogP contribution in [0.4, 0.5) is 0 Å². The summed E-state index contributed by atoms with van der Waals surface area (Å²) in [6.45, 7) is 6.58. The van der Waals surface area contributed by atoms with Crippen LogP contribution in [0.25, 0.3) is 0 Å². The quantitative estimate of drug-likeness (QED) is 0.564. The molecule has 0 saturated heterocycles. The van der Waals surface area contributed by atoms with Gasteiger partial charge >= 0.3 is 0 Å². The lowest BCUT2D eigenvalue weighted by Crippen LogP contribution is -2.26. The minimum absolute atomic E-state index is 0.155. The third kappa shape index (κ3) is 5.32. The summed E-state index contributed by atoms with van der Waals surface area (Å²) in [6.07, 6.45) is 3.01. The number of carbonyl (C=O) groups excluding carboxylic acids is 1. The summed E-state index contributed by atoms with van der Waals surface area (Å²) in [5, 5.41) is 9.09. The van der Waals surface area contributed by atoms with Crippen molar-refractivity contribution in [3.8, 4) is 0 Å². The Bertz CT molecular complexity index is 581. The van der Waals surface area contributed by atoms with E-state index in [4.69, 9.17) is 10.7 Å². The minimum atomic E-state index is -4.01. The first-order valence-electron chi connectivity index (χ1n) is 7.07. The van der Waals surface area contributed by atoms with Crippen LogP contribution >= 0.6 is 10.7 Å². The number of rotatable bonds is 8. The van der Waals surface area contributed by atoms with E-state index in [1.807, 2.05) is 6.92 Å². The Kier molecular flexibility index (Phi) is 6.67. The van der Waals surface area contributed by atoms with Gasteiger partial charge in [-0.15, -0.1) is 0 Å². The van der Waals surface area contributed by atoms with E-state index in [2.05, 4.69) is 29.4 Å². The molecule has 2 N–H and O–H groups in total. The summed E-state index contributed by atoms with van der Waals surface area (Å²) < 4.78 is 23.3. The molecule has 6 nitrogen and oxygen atoms in total. The van der Waals surface area contributed by atoms with Gasteiger partial charge in [0.1, 0.15) is 4.90 Å². The van der Waals surface area contributed by atoms with Gasteiger partial charge in [0.15, 0.2) is 5.69 Å². The zero-order valence-corrected chi connectivity index (χ0v) is 14.1. The zero-order valence-electron chi connectivity index (χ0n) is 12.6. The fraction of sp³-hybridized carbons (Fsp3) is 0.692. The van der Waals surface area contributed by atoms with Gasteiger partial charge in [-0.05, 0) is 25.2 Å². The molecular formula is C13H22ClN3O3S. The van der Waals surface area contributed by atoms with Crippen LogP contribution in [0.1, 0.15) is 56.2 Å². The van der Waals surface area contributed by atoms with Gasteiger partial charge in [0.2, 0.25) is 0 Å². The largest absolute Gasteiger partial charge is 0.351 e. The van der Waals surface area contributed by atoms with E-state index in [9.17, 15) is 13.2 Å². The van der Waals surface area contributed by atoms with Gasteiger partial charge in [-0.3, -0.25) is 9.89 Å². The number of nitrogens with zero attached hydrogens (tertiary/aromatic N) is 1. The van der Waals surface area contributed by atoms with Crippen LogP contribution in [0.2, 0.25) is 0 Å². The highest BCUT2D eigenvalue weighted by atomic mass is 35.7. The summed E-state index contributed by atoms with van der Waals surface area (Å²) >= 11 is 0. The van der Waals surface area contributed by atoms with Gasteiger partial charge in [0, 0.05) is 17.2 Å². The van der Waals surface area contributed by atoms with Crippen molar-refractivity contribution in [1.82, 2.24) is 15.5 Å². The molecule has 120 valence electrons. The van der Waals surface area contributed by atoms with Crippen LogP contribution in [-0.4, -0.2) is 31.1 Å². The molecule has 1 aromatic rings. The summed E-state index contributed by atoms with van der Waals surface area (Å²) in [5.41, 5.74) is 0.220. The van der Waals surface area contributed by atoms with E-state index < -0.39 is 15.0 Å². The standard InChI is InChI=1S/C13H22ClN3O3S/c1-4-6-10-12(21(14,19)20)11(17-16-10)13(18)15-8-5-7-9(2)3/h9H,4-8H2,1-3H3,(H,15,18)(H,16,17). The second kappa shape index (κ2) is 7.79. The maximum Gasteiger partial charge on any atom is 0.273 e. The highest BCUT2D eigenvalue weighted by Crippen LogP contribution is 2.23. The van der Waals surface area contributed by atoms with Crippen molar-refractivity contribution in [2.75, 3.05) is 6.54 Å².